The van der Waals surface area contributed by atoms with Crippen molar-refractivity contribution in [3.05, 3.63) is 23.3 Å². The summed E-state index contributed by atoms with van der Waals surface area (Å²) >= 11 is 0. The molecule has 7 nitrogen and oxygen atoms in total. The molecule has 0 spiro atoms. The van der Waals surface area contributed by atoms with E-state index in [2.05, 4.69) is 38.8 Å². The lowest BCUT2D eigenvalue weighted by molar-refractivity contribution is 0.503. The second kappa shape index (κ2) is 5.26. The number of hydrogen-bond donors (Lipinski definition) is 1. The molecule has 7 heteroatoms. The Bertz CT molecular complexity index is 513. The average molecular weight is 249 g/mol. The third kappa shape index (κ3) is 2.56. The first-order valence-corrected chi connectivity index (χ1v) is 6.08. The monoisotopic (exact) mass is 249 g/mol. The number of nitrogens with one attached hydrogen (secondary N) is 1. The molecule has 0 aromatic carbocycles. The van der Waals surface area contributed by atoms with Gasteiger partial charge in [0.25, 0.3) is 0 Å². The van der Waals surface area contributed by atoms with Gasteiger partial charge in [-0.3, -0.25) is 4.68 Å². The molecular formula is C11H19N7. The summed E-state index contributed by atoms with van der Waals surface area (Å²) in [5, 5.41) is 19.8. The SMILES string of the molecule is CCn1nc(C)cc1C(Cc1nnn(C)n1)NC. The predicted molar refractivity (Wildman–Crippen MR) is 66.9 cm³/mol. The molecule has 0 saturated carbocycles. The van der Waals surface area contributed by atoms with Gasteiger partial charge in [-0.1, -0.05) is 0 Å². The fraction of sp³-hybridized carbons (Fsp3) is 0.636. The molecule has 0 amide bonds. The third-order valence-corrected chi connectivity index (χ3v) is 2.87. The highest BCUT2D eigenvalue weighted by Gasteiger charge is 2.18. The summed E-state index contributed by atoms with van der Waals surface area (Å²) in [6.45, 7) is 4.95. The summed E-state index contributed by atoms with van der Waals surface area (Å²) in [4.78, 5) is 1.48. The predicted octanol–water partition coefficient (Wildman–Crippen LogP) is 0.238. The van der Waals surface area contributed by atoms with E-state index in [9.17, 15) is 0 Å². The van der Waals surface area contributed by atoms with Crippen LogP contribution >= 0.6 is 0 Å². The Balaban J connectivity index is 2.22. The maximum atomic E-state index is 4.46. The first-order chi connectivity index (χ1) is 8.63. The summed E-state index contributed by atoms with van der Waals surface area (Å²) in [7, 11) is 3.70. The van der Waals surface area contributed by atoms with E-state index in [0.717, 1.165) is 23.8 Å². The molecule has 2 rings (SSSR count). The van der Waals surface area contributed by atoms with Crippen molar-refractivity contribution in [1.82, 2.24) is 35.3 Å². The summed E-state index contributed by atoms with van der Waals surface area (Å²) in [6.07, 6.45) is 0.704. The summed E-state index contributed by atoms with van der Waals surface area (Å²) in [5.74, 6) is 0.735. The van der Waals surface area contributed by atoms with E-state index in [1.807, 2.05) is 18.7 Å². The fourth-order valence-corrected chi connectivity index (χ4v) is 2.04. The van der Waals surface area contributed by atoms with Crippen LogP contribution < -0.4 is 5.32 Å². The highest BCUT2D eigenvalue weighted by molar-refractivity contribution is 5.14. The van der Waals surface area contributed by atoms with Crippen molar-refractivity contribution in [2.24, 2.45) is 7.05 Å². The van der Waals surface area contributed by atoms with Crippen LogP contribution in [0, 0.1) is 6.92 Å². The quantitative estimate of drug-likeness (QED) is 0.821. The van der Waals surface area contributed by atoms with Crippen LogP contribution in [0.4, 0.5) is 0 Å². The van der Waals surface area contributed by atoms with Crippen molar-refractivity contribution in [2.75, 3.05) is 7.05 Å². The normalized spacial score (nSPS) is 12.9. The van der Waals surface area contributed by atoms with Gasteiger partial charge in [0.1, 0.15) is 0 Å². The lowest BCUT2D eigenvalue weighted by atomic mass is 10.1. The Kier molecular flexibility index (Phi) is 3.71. The van der Waals surface area contributed by atoms with E-state index in [1.54, 1.807) is 7.05 Å². The zero-order chi connectivity index (χ0) is 13.1. The van der Waals surface area contributed by atoms with Gasteiger partial charge < -0.3 is 5.32 Å². The topological polar surface area (TPSA) is 73.5 Å². The van der Waals surface area contributed by atoms with Gasteiger partial charge in [-0.15, -0.1) is 10.2 Å². The first-order valence-electron chi connectivity index (χ1n) is 6.08. The molecule has 2 aromatic heterocycles. The highest BCUT2D eigenvalue weighted by Crippen LogP contribution is 2.17. The molecule has 1 atom stereocenters. The largest absolute Gasteiger partial charge is 0.311 e. The van der Waals surface area contributed by atoms with E-state index in [-0.39, 0.29) is 6.04 Å². The Labute approximate surface area is 106 Å². The number of rotatable bonds is 5. The number of likely N-dealkylation sites (N-methyl/N-ethyl adjacent to an activating group) is 1. The smallest absolute Gasteiger partial charge is 0.176 e. The van der Waals surface area contributed by atoms with Crippen LogP contribution in [-0.2, 0) is 20.0 Å². The van der Waals surface area contributed by atoms with Crippen molar-refractivity contribution >= 4 is 0 Å². The van der Waals surface area contributed by atoms with E-state index < -0.39 is 0 Å². The summed E-state index contributed by atoms with van der Waals surface area (Å²) < 4.78 is 2.01. The van der Waals surface area contributed by atoms with Gasteiger partial charge in [-0.25, -0.2) is 0 Å². The minimum absolute atomic E-state index is 0.148. The van der Waals surface area contributed by atoms with Crippen LogP contribution in [-0.4, -0.2) is 37.0 Å². The molecule has 0 aliphatic heterocycles. The van der Waals surface area contributed by atoms with Crippen LogP contribution in [0.25, 0.3) is 0 Å². The van der Waals surface area contributed by atoms with Gasteiger partial charge >= 0.3 is 0 Å². The van der Waals surface area contributed by atoms with Gasteiger partial charge in [0.2, 0.25) is 0 Å². The average Bonchev–Trinajstić information content (AvgIpc) is 2.92. The van der Waals surface area contributed by atoms with Crippen LogP contribution in [0.5, 0.6) is 0 Å². The summed E-state index contributed by atoms with van der Waals surface area (Å²) in [5.41, 5.74) is 2.18. The Morgan fingerprint density at radius 3 is 2.72 bits per heavy atom. The maximum absolute atomic E-state index is 4.46. The molecule has 0 saturated heterocycles. The zero-order valence-corrected chi connectivity index (χ0v) is 11.3. The Morgan fingerprint density at radius 1 is 1.39 bits per heavy atom. The molecule has 2 aromatic rings. The van der Waals surface area contributed by atoms with Crippen molar-refractivity contribution in [2.45, 2.75) is 32.9 Å². The van der Waals surface area contributed by atoms with E-state index in [1.165, 1.54) is 4.80 Å². The van der Waals surface area contributed by atoms with E-state index >= 15 is 0 Å². The van der Waals surface area contributed by atoms with Gasteiger partial charge in [0.15, 0.2) is 5.82 Å². The third-order valence-electron chi connectivity index (χ3n) is 2.87. The summed E-state index contributed by atoms with van der Waals surface area (Å²) in [6, 6.07) is 2.25. The molecule has 0 aliphatic carbocycles. The van der Waals surface area contributed by atoms with Crippen molar-refractivity contribution in [3.8, 4) is 0 Å². The molecule has 0 aliphatic rings. The molecule has 0 radical (unpaired) electrons. The van der Waals surface area contributed by atoms with Gasteiger partial charge in [-0.05, 0) is 32.2 Å². The fourth-order valence-electron chi connectivity index (χ4n) is 2.04. The van der Waals surface area contributed by atoms with E-state index in [0.29, 0.717) is 6.42 Å². The molecule has 98 valence electrons. The van der Waals surface area contributed by atoms with Crippen molar-refractivity contribution in [1.29, 1.82) is 0 Å². The van der Waals surface area contributed by atoms with E-state index in [4.69, 9.17) is 0 Å². The lowest BCUT2D eigenvalue weighted by Crippen LogP contribution is -2.23. The van der Waals surface area contributed by atoms with Crippen LogP contribution in [0.15, 0.2) is 6.07 Å². The molecular weight excluding hydrogens is 230 g/mol. The molecule has 18 heavy (non-hydrogen) atoms. The number of aromatic nitrogens is 6. The number of aryl methyl sites for hydroxylation is 3. The number of hydrogen-bond acceptors (Lipinski definition) is 5. The minimum atomic E-state index is 0.148. The van der Waals surface area contributed by atoms with Crippen molar-refractivity contribution < 1.29 is 0 Å². The molecule has 0 fully saturated rings. The number of tetrazole rings is 1. The Hall–Kier alpha value is -1.76. The Morgan fingerprint density at radius 2 is 2.17 bits per heavy atom. The highest BCUT2D eigenvalue weighted by atomic mass is 15.6. The lowest BCUT2D eigenvalue weighted by Gasteiger charge is -2.15. The molecule has 1 unspecified atom stereocenters. The second-order valence-corrected chi connectivity index (χ2v) is 4.27. The first kappa shape index (κ1) is 12.7. The standard InChI is InChI=1S/C11H19N7/c1-5-18-10(6-8(2)14-18)9(12-3)7-11-13-16-17(4)15-11/h6,9,12H,5,7H2,1-4H3. The van der Waals surface area contributed by atoms with Gasteiger partial charge in [0.05, 0.1) is 24.5 Å². The van der Waals surface area contributed by atoms with Crippen LogP contribution in [0.2, 0.25) is 0 Å². The number of nitrogens with zero attached hydrogens (tertiary/aromatic N) is 6. The van der Waals surface area contributed by atoms with Gasteiger partial charge in [-0.2, -0.15) is 9.90 Å². The second-order valence-electron chi connectivity index (χ2n) is 4.27. The molecule has 0 bridgehead atoms. The minimum Gasteiger partial charge on any atom is -0.311 e. The van der Waals surface area contributed by atoms with Crippen LogP contribution in [0.1, 0.15) is 30.2 Å². The van der Waals surface area contributed by atoms with Crippen LogP contribution in [0.3, 0.4) is 0 Å². The van der Waals surface area contributed by atoms with Gasteiger partial charge in [0, 0.05) is 13.0 Å². The van der Waals surface area contributed by atoms with Crippen molar-refractivity contribution in [3.63, 3.8) is 0 Å². The molecule has 1 N–H and O–H groups in total. The maximum Gasteiger partial charge on any atom is 0.176 e. The zero-order valence-electron chi connectivity index (χ0n) is 11.3. The molecule has 2 heterocycles.